The Hall–Kier alpha value is -0.0800. The molecule has 0 aliphatic carbocycles. The van der Waals surface area contributed by atoms with E-state index in [1.807, 2.05) is 0 Å². The van der Waals surface area contributed by atoms with Crippen LogP contribution in [-0.2, 0) is 0 Å². The summed E-state index contributed by atoms with van der Waals surface area (Å²) in [5.74, 6) is 0. The van der Waals surface area contributed by atoms with E-state index in [4.69, 9.17) is 5.11 Å². The Labute approximate surface area is 241 Å². The molecule has 0 rings (SSSR count). The minimum Gasteiger partial charge on any atom is -0.396 e. The van der Waals surface area contributed by atoms with Crippen LogP contribution in [0.25, 0.3) is 0 Å². The Morgan fingerprint density at radius 1 is 0.316 bits per heavy atom. The van der Waals surface area contributed by atoms with Crippen LogP contribution in [0.15, 0.2) is 0 Å². The molecule has 2 heteroatoms. The van der Waals surface area contributed by atoms with Crippen molar-refractivity contribution in [3.8, 4) is 0 Å². The number of hydrogen-bond donors (Lipinski definition) is 2. The highest BCUT2D eigenvalue weighted by Gasteiger charge is 2.04. The zero-order valence-corrected chi connectivity index (χ0v) is 26.5. The first-order valence-corrected chi connectivity index (χ1v) is 18.1. The van der Waals surface area contributed by atoms with Crippen molar-refractivity contribution in [1.29, 1.82) is 0 Å². The van der Waals surface area contributed by atoms with Gasteiger partial charge >= 0.3 is 0 Å². The van der Waals surface area contributed by atoms with E-state index in [9.17, 15) is 5.11 Å². The molecule has 0 aromatic rings. The summed E-state index contributed by atoms with van der Waals surface area (Å²) in [5.41, 5.74) is 0. The second-order valence-corrected chi connectivity index (χ2v) is 12.6. The maximum Gasteiger partial charge on any atom is 0.0540 e. The Kier molecular flexibility index (Phi) is 34.9. The normalized spacial score (nSPS) is 12.4. The van der Waals surface area contributed by atoms with E-state index in [0.717, 1.165) is 19.3 Å². The van der Waals surface area contributed by atoms with Gasteiger partial charge in [-0.05, 0) is 19.3 Å². The summed E-state index contributed by atoms with van der Waals surface area (Å²) >= 11 is 0. The van der Waals surface area contributed by atoms with Crippen molar-refractivity contribution in [2.75, 3.05) is 6.61 Å². The van der Waals surface area contributed by atoms with Crippen molar-refractivity contribution in [3.63, 3.8) is 0 Å². The van der Waals surface area contributed by atoms with Crippen molar-refractivity contribution in [3.05, 3.63) is 0 Å². The van der Waals surface area contributed by atoms with Crippen molar-refractivity contribution < 1.29 is 10.2 Å². The van der Waals surface area contributed by atoms with Gasteiger partial charge in [0.15, 0.2) is 0 Å². The molecule has 2 N–H and O–H groups in total. The number of unbranched alkanes of at least 4 members (excludes halogenated alkanes) is 29. The summed E-state index contributed by atoms with van der Waals surface area (Å²) in [6, 6.07) is 0. The summed E-state index contributed by atoms with van der Waals surface area (Å²) in [4.78, 5) is 0. The minimum atomic E-state index is -0.0451. The Bertz CT molecular complexity index is 361. The van der Waals surface area contributed by atoms with Gasteiger partial charge in [0.05, 0.1) is 6.10 Å². The highest BCUT2D eigenvalue weighted by molar-refractivity contribution is 4.58. The lowest BCUT2D eigenvalue weighted by molar-refractivity contribution is 0.147. The molecule has 0 saturated heterocycles. The number of aliphatic hydroxyl groups is 2. The van der Waals surface area contributed by atoms with Crippen LogP contribution in [0.2, 0.25) is 0 Å². The molecule has 0 aliphatic rings. The van der Waals surface area contributed by atoms with Gasteiger partial charge < -0.3 is 10.2 Å². The van der Waals surface area contributed by atoms with E-state index in [1.165, 1.54) is 193 Å². The molecule has 0 amide bonds. The van der Waals surface area contributed by atoms with Gasteiger partial charge in [-0.1, -0.05) is 200 Å². The maximum atomic E-state index is 10.3. The lowest BCUT2D eigenvalue weighted by Gasteiger charge is -2.10. The van der Waals surface area contributed by atoms with E-state index in [2.05, 4.69) is 6.92 Å². The van der Waals surface area contributed by atoms with Crippen LogP contribution in [0.3, 0.4) is 0 Å². The third-order valence-corrected chi connectivity index (χ3v) is 8.59. The topological polar surface area (TPSA) is 40.5 Å². The van der Waals surface area contributed by atoms with Gasteiger partial charge in [-0.3, -0.25) is 0 Å². The molecule has 1 unspecified atom stereocenters. The lowest BCUT2D eigenvalue weighted by Crippen LogP contribution is -2.05. The van der Waals surface area contributed by atoms with Gasteiger partial charge in [-0.2, -0.15) is 0 Å². The van der Waals surface area contributed by atoms with Crippen LogP contribution < -0.4 is 0 Å². The molecule has 38 heavy (non-hydrogen) atoms. The highest BCUT2D eigenvalue weighted by Crippen LogP contribution is 2.17. The molecule has 0 heterocycles. The molecule has 2 nitrogen and oxygen atoms in total. The van der Waals surface area contributed by atoms with E-state index < -0.39 is 0 Å². The van der Waals surface area contributed by atoms with Crippen LogP contribution in [0.5, 0.6) is 0 Å². The first-order chi connectivity index (χ1) is 18.8. The number of aliphatic hydroxyl groups excluding tert-OH is 2. The Morgan fingerprint density at radius 2 is 0.526 bits per heavy atom. The smallest absolute Gasteiger partial charge is 0.0540 e. The molecule has 0 aromatic heterocycles. The van der Waals surface area contributed by atoms with E-state index >= 15 is 0 Å². The highest BCUT2D eigenvalue weighted by atomic mass is 16.3. The molecule has 0 aliphatic heterocycles. The SMILES string of the molecule is CCCCCCCCCCCCCCCCCCC(O)CCCCCCCCCCCCCCCCCO. The molecule has 0 aromatic carbocycles. The van der Waals surface area contributed by atoms with E-state index in [0.29, 0.717) is 6.61 Å². The van der Waals surface area contributed by atoms with Crippen molar-refractivity contribution in [2.45, 2.75) is 225 Å². The number of rotatable bonds is 34. The number of hydrogen-bond acceptors (Lipinski definition) is 2. The quantitative estimate of drug-likeness (QED) is 0.0800. The molecule has 0 fully saturated rings. The molecule has 0 radical (unpaired) electrons. The molecule has 1 atom stereocenters. The lowest BCUT2D eigenvalue weighted by atomic mass is 10.0. The third kappa shape index (κ3) is 33.9. The zero-order chi connectivity index (χ0) is 27.6. The molecule has 0 saturated carbocycles. The minimum absolute atomic E-state index is 0.0451. The molecular formula is C36H74O2. The largest absolute Gasteiger partial charge is 0.396 e. The van der Waals surface area contributed by atoms with Gasteiger partial charge in [0.25, 0.3) is 0 Å². The van der Waals surface area contributed by atoms with Gasteiger partial charge in [0.1, 0.15) is 0 Å². The van der Waals surface area contributed by atoms with Gasteiger partial charge in [-0.15, -0.1) is 0 Å². The fraction of sp³-hybridized carbons (Fsp3) is 1.00. The predicted octanol–water partition coefficient (Wildman–Crippen LogP) is 12.2. The summed E-state index contributed by atoms with van der Waals surface area (Å²) in [7, 11) is 0. The Balaban J connectivity index is 3.13. The average molecular weight is 539 g/mol. The van der Waals surface area contributed by atoms with Crippen LogP contribution in [0, 0.1) is 0 Å². The van der Waals surface area contributed by atoms with E-state index in [-0.39, 0.29) is 6.10 Å². The van der Waals surface area contributed by atoms with Crippen molar-refractivity contribution >= 4 is 0 Å². The molecule has 0 spiro atoms. The second-order valence-electron chi connectivity index (χ2n) is 12.6. The van der Waals surface area contributed by atoms with Crippen LogP contribution in [-0.4, -0.2) is 22.9 Å². The molecule has 0 bridgehead atoms. The maximum absolute atomic E-state index is 10.3. The van der Waals surface area contributed by atoms with Crippen LogP contribution >= 0.6 is 0 Å². The molecule has 230 valence electrons. The van der Waals surface area contributed by atoms with Crippen LogP contribution in [0.4, 0.5) is 0 Å². The van der Waals surface area contributed by atoms with E-state index in [1.54, 1.807) is 0 Å². The first kappa shape index (κ1) is 37.9. The summed E-state index contributed by atoms with van der Waals surface area (Å²) in [6.07, 6.45) is 44.6. The standard InChI is InChI=1S/C36H74O2/c1-2-3-4-5-6-7-8-9-10-12-15-18-21-24-27-30-33-36(38)34-31-28-25-22-19-16-13-11-14-17-20-23-26-29-32-35-37/h36-38H,2-35H2,1H3. The van der Waals surface area contributed by atoms with Gasteiger partial charge in [-0.25, -0.2) is 0 Å². The Morgan fingerprint density at radius 3 is 0.763 bits per heavy atom. The predicted molar refractivity (Wildman–Crippen MR) is 171 cm³/mol. The summed E-state index contributed by atoms with van der Waals surface area (Å²) in [6.45, 7) is 2.66. The van der Waals surface area contributed by atoms with Gasteiger partial charge in [0.2, 0.25) is 0 Å². The summed E-state index contributed by atoms with van der Waals surface area (Å²) < 4.78 is 0. The second kappa shape index (κ2) is 34.9. The monoisotopic (exact) mass is 539 g/mol. The summed E-state index contributed by atoms with van der Waals surface area (Å²) in [5, 5.41) is 19.1. The fourth-order valence-electron chi connectivity index (χ4n) is 5.86. The van der Waals surface area contributed by atoms with Crippen molar-refractivity contribution in [1.82, 2.24) is 0 Å². The first-order valence-electron chi connectivity index (χ1n) is 18.1. The van der Waals surface area contributed by atoms with Crippen LogP contribution in [0.1, 0.15) is 219 Å². The van der Waals surface area contributed by atoms with Crippen molar-refractivity contribution in [2.24, 2.45) is 0 Å². The van der Waals surface area contributed by atoms with Gasteiger partial charge in [0, 0.05) is 6.61 Å². The average Bonchev–Trinajstić information content (AvgIpc) is 2.92. The fourth-order valence-corrected chi connectivity index (χ4v) is 5.86. The molecular weight excluding hydrogens is 464 g/mol. The third-order valence-electron chi connectivity index (χ3n) is 8.59. The zero-order valence-electron chi connectivity index (χ0n) is 26.5.